The van der Waals surface area contributed by atoms with Gasteiger partial charge in [0.25, 0.3) is 0 Å². The first kappa shape index (κ1) is 24.2. The lowest BCUT2D eigenvalue weighted by Crippen LogP contribution is -2.51. The number of hydrogen-bond acceptors (Lipinski definition) is 5. The van der Waals surface area contributed by atoms with Gasteiger partial charge in [0, 0.05) is 35.1 Å². The summed E-state index contributed by atoms with van der Waals surface area (Å²) >= 11 is 6.21. The smallest absolute Gasteiger partial charge is 0.245 e. The van der Waals surface area contributed by atoms with Crippen LogP contribution in [0, 0.1) is 5.92 Å². The molecule has 2 aromatic rings. The summed E-state index contributed by atoms with van der Waals surface area (Å²) in [5.41, 5.74) is 0.825. The predicted octanol–water partition coefficient (Wildman–Crippen LogP) is 5.36. The summed E-state index contributed by atoms with van der Waals surface area (Å²) < 4.78 is 0. The van der Waals surface area contributed by atoms with E-state index in [2.05, 4.69) is 52.8 Å². The number of likely N-dealkylation sites (tertiary alicyclic amines) is 1. The molecule has 2 heterocycles. The Morgan fingerprint density at radius 2 is 2.03 bits per heavy atom. The SMILES string of the molecule is CCC[C@H]1C[C@@H](N(CC)C(C)C)CC[C@@H]1N1CC[C@H](Nc2ncnc3ccc(Cl)cc23)C1=O. The number of nitrogens with one attached hydrogen (secondary N) is 1. The molecule has 1 saturated heterocycles. The van der Waals surface area contributed by atoms with Crippen molar-refractivity contribution in [3.8, 4) is 0 Å². The fraction of sp³-hybridized carbons (Fsp3) is 0.654. The highest BCUT2D eigenvalue weighted by molar-refractivity contribution is 6.31. The van der Waals surface area contributed by atoms with E-state index in [0.29, 0.717) is 34.9 Å². The van der Waals surface area contributed by atoms with Crippen LogP contribution in [0.4, 0.5) is 5.82 Å². The largest absolute Gasteiger partial charge is 0.358 e. The van der Waals surface area contributed by atoms with Crippen LogP contribution < -0.4 is 5.32 Å². The lowest BCUT2D eigenvalue weighted by atomic mass is 9.77. The first-order chi connectivity index (χ1) is 15.9. The summed E-state index contributed by atoms with van der Waals surface area (Å²) in [4.78, 5) is 27.1. The van der Waals surface area contributed by atoms with Crippen molar-refractivity contribution in [2.24, 2.45) is 5.92 Å². The molecule has 0 unspecified atom stereocenters. The second-order valence-corrected chi connectivity index (χ2v) is 10.3. The molecule has 1 N–H and O–H groups in total. The Morgan fingerprint density at radius 1 is 1.21 bits per heavy atom. The van der Waals surface area contributed by atoms with Gasteiger partial charge in [-0.05, 0) is 76.6 Å². The summed E-state index contributed by atoms with van der Waals surface area (Å²) in [6.07, 6.45) is 8.17. The first-order valence-electron chi connectivity index (χ1n) is 12.7. The highest BCUT2D eigenvalue weighted by atomic mass is 35.5. The Labute approximate surface area is 203 Å². The van der Waals surface area contributed by atoms with Crippen molar-refractivity contribution in [1.29, 1.82) is 0 Å². The van der Waals surface area contributed by atoms with Crippen LogP contribution in [0.25, 0.3) is 10.9 Å². The van der Waals surface area contributed by atoms with Gasteiger partial charge < -0.3 is 10.2 Å². The average Bonchev–Trinajstić information content (AvgIpc) is 3.15. The molecule has 1 amide bonds. The molecular weight excluding hydrogens is 434 g/mol. The van der Waals surface area contributed by atoms with Crippen molar-refractivity contribution in [3.05, 3.63) is 29.5 Å². The number of carbonyl (C=O) groups is 1. The van der Waals surface area contributed by atoms with Gasteiger partial charge in [0.05, 0.1) is 5.52 Å². The van der Waals surface area contributed by atoms with Crippen molar-refractivity contribution in [3.63, 3.8) is 0 Å². The Morgan fingerprint density at radius 3 is 2.76 bits per heavy atom. The minimum absolute atomic E-state index is 0.213. The molecule has 180 valence electrons. The molecule has 4 rings (SSSR count). The number of aromatic nitrogens is 2. The van der Waals surface area contributed by atoms with Gasteiger partial charge >= 0.3 is 0 Å². The van der Waals surface area contributed by atoms with Gasteiger partial charge in [-0.3, -0.25) is 9.69 Å². The van der Waals surface area contributed by atoms with E-state index in [1.807, 2.05) is 18.2 Å². The number of fused-ring (bicyclic) bond motifs is 1. The summed E-state index contributed by atoms with van der Waals surface area (Å²) in [6.45, 7) is 11.0. The average molecular weight is 472 g/mol. The Kier molecular flexibility index (Phi) is 7.75. The molecule has 1 aliphatic heterocycles. The van der Waals surface area contributed by atoms with Gasteiger partial charge in [-0.15, -0.1) is 0 Å². The number of anilines is 1. The number of carbonyl (C=O) groups excluding carboxylic acids is 1. The summed E-state index contributed by atoms with van der Waals surface area (Å²) in [5, 5.41) is 4.91. The van der Waals surface area contributed by atoms with Crippen molar-refractivity contribution >= 4 is 34.2 Å². The molecule has 2 aliphatic rings. The first-order valence-corrected chi connectivity index (χ1v) is 13.0. The van der Waals surface area contributed by atoms with E-state index < -0.39 is 0 Å². The Balaban J connectivity index is 1.48. The number of halogens is 1. The molecule has 33 heavy (non-hydrogen) atoms. The predicted molar refractivity (Wildman–Crippen MR) is 136 cm³/mol. The molecule has 1 aliphatic carbocycles. The molecule has 1 aromatic carbocycles. The maximum Gasteiger partial charge on any atom is 0.245 e. The van der Waals surface area contributed by atoms with E-state index in [1.165, 1.54) is 25.7 Å². The Hall–Kier alpha value is -1.92. The Bertz CT molecular complexity index is 967. The van der Waals surface area contributed by atoms with E-state index >= 15 is 0 Å². The highest BCUT2D eigenvalue weighted by Gasteiger charge is 2.42. The van der Waals surface area contributed by atoms with Crippen molar-refractivity contribution in [2.45, 2.75) is 90.4 Å². The van der Waals surface area contributed by atoms with Crippen LogP contribution in [0.5, 0.6) is 0 Å². The molecule has 0 bridgehead atoms. The van der Waals surface area contributed by atoms with E-state index in [0.717, 1.165) is 36.8 Å². The summed E-state index contributed by atoms with van der Waals surface area (Å²) in [7, 11) is 0. The van der Waals surface area contributed by atoms with Gasteiger partial charge in [0.1, 0.15) is 18.2 Å². The van der Waals surface area contributed by atoms with E-state index in [4.69, 9.17) is 11.6 Å². The standard InChI is InChI=1S/C26H38ClN5O/c1-5-7-18-14-20(31(6-2)17(3)4)9-11-24(18)32-13-12-23(26(32)33)30-25-21-15-19(27)8-10-22(21)28-16-29-25/h8,10,15-18,20,23-24H,5-7,9,11-14H2,1-4H3,(H,28,29,30)/t18-,20-,23-,24-/m0/s1. The van der Waals surface area contributed by atoms with Gasteiger partial charge in [0.2, 0.25) is 5.91 Å². The zero-order valence-electron chi connectivity index (χ0n) is 20.4. The lowest BCUT2D eigenvalue weighted by Gasteiger charge is -2.45. The van der Waals surface area contributed by atoms with Crippen LogP contribution in [-0.4, -0.2) is 62.9 Å². The zero-order chi connectivity index (χ0) is 23.5. The zero-order valence-corrected chi connectivity index (χ0v) is 21.2. The topological polar surface area (TPSA) is 61.4 Å². The summed E-state index contributed by atoms with van der Waals surface area (Å²) in [6, 6.07) is 6.88. The van der Waals surface area contributed by atoms with Crippen molar-refractivity contribution in [1.82, 2.24) is 19.8 Å². The third kappa shape index (κ3) is 5.12. The molecule has 1 saturated carbocycles. The molecule has 6 nitrogen and oxygen atoms in total. The third-order valence-electron chi connectivity index (χ3n) is 7.62. The molecule has 0 spiro atoms. The van der Waals surface area contributed by atoms with Crippen LogP contribution in [0.3, 0.4) is 0 Å². The molecule has 0 radical (unpaired) electrons. The molecule has 2 fully saturated rings. The second kappa shape index (κ2) is 10.6. The van der Waals surface area contributed by atoms with Gasteiger partial charge in [-0.2, -0.15) is 0 Å². The molecular formula is C26H38ClN5O. The van der Waals surface area contributed by atoms with E-state index in [1.54, 1.807) is 6.33 Å². The molecule has 7 heteroatoms. The second-order valence-electron chi connectivity index (χ2n) is 9.91. The maximum atomic E-state index is 13.5. The van der Waals surface area contributed by atoms with Gasteiger partial charge in [0.15, 0.2) is 0 Å². The van der Waals surface area contributed by atoms with Crippen LogP contribution in [0.15, 0.2) is 24.5 Å². The van der Waals surface area contributed by atoms with Gasteiger partial charge in [-0.25, -0.2) is 9.97 Å². The minimum Gasteiger partial charge on any atom is -0.358 e. The number of nitrogens with zero attached hydrogens (tertiary/aromatic N) is 4. The number of hydrogen-bond donors (Lipinski definition) is 1. The highest BCUT2D eigenvalue weighted by Crippen LogP contribution is 2.37. The van der Waals surface area contributed by atoms with E-state index in [9.17, 15) is 4.79 Å². The monoisotopic (exact) mass is 471 g/mol. The fourth-order valence-corrected chi connectivity index (χ4v) is 6.31. The van der Waals surface area contributed by atoms with Crippen LogP contribution >= 0.6 is 11.6 Å². The third-order valence-corrected chi connectivity index (χ3v) is 7.86. The van der Waals surface area contributed by atoms with Crippen LogP contribution in [-0.2, 0) is 4.79 Å². The van der Waals surface area contributed by atoms with Gasteiger partial charge in [-0.1, -0.05) is 31.9 Å². The van der Waals surface area contributed by atoms with Crippen LogP contribution in [0.2, 0.25) is 5.02 Å². The number of benzene rings is 1. The van der Waals surface area contributed by atoms with Crippen LogP contribution in [0.1, 0.15) is 66.2 Å². The molecule has 4 atom stereocenters. The number of rotatable bonds is 8. The quantitative estimate of drug-likeness (QED) is 0.561. The normalized spacial score (nSPS) is 26.0. The minimum atomic E-state index is -0.245. The maximum absolute atomic E-state index is 13.5. The van der Waals surface area contributed by atoms with Crippen molar-refractivity contribution < 1.29 is 4.79 Å². The molecule has 1 aromatic heterocycles. The van der Waals surface area contributed by atoms with E-state index in [-0.39, 0.29) is 11.9 Å². The summed E-state index contributed by atoms with van der Waals surface area (Å²) in [5.74, 6) is 1.47. The lowest BCUT2D eigenvalue weighted by molar-refractivity contribution is -0.132. The fourth-order valence-electron chi connectivity index (χ4n) is 6.13. The number of amides is 1. The van der Waals surface area contributed by atoms with Crippen molar-refractivity contribution in [2.75, 3.05) is 18.4 Å².